The molecule has 124 valence electrons. The first kappa shape index (κ1) is 16.7. The monoisotopic (exact) mass is 440 g/mol. The third kappa shape index (κ3) is 3.23. The average Bonchev–Trinajstić information content (AvgIpc) is 2.65. The number of alkyl halides is 3. The molecule has 3 nitrogen and oxygen atoms in total. The smallest absolute Gasteiger partial charge is 0.378 e. The zero-order valence-electron chi connectivity index (χ0n) is 12.1. The summed E-state index contributed by atoms with van der Waals surface area (Å²) in [5.41, 5.74) is 0.714. The van der Waals surface area contributed by atoms with Crippen LogP contribution in [0.2, 0.25) is 0 Å². The fourth-order valence-electron chi connectivity index (χ4n) is 2.68. The molecule has 0 N–H and O–H groups in total. The standard InChI is InChI=1S/C15H13F4IN2O/c1-8-6-13-10(4-5-23-8)14(20)21-22(13)9-2-3-12(16)11(7-9)15(17,18)19/h2-3,7-8H,4-6H2,1H3/t8-/m1/s1. The van der Waals surface area contributed by atoms with E-state index in [2.05, 4.69) is 27.7 Å². The Hall–Kier alpha value is -1.16. The number of rotatable bonds is 1. The van der Waals surface area contributed by atoms with Gasteiger partial charge in [0.15, 0.2) is 0 Å². The van der Waals surface area contributed by atoms with Gasteiger partial charge < -0.3 is 4.74 Å². The summed E-state index contributed by atoms with van der Waals surface area (Å²) >= 11 is 2.06. The zero-order chi connectivity index (χ0) is 16.8. The van der Waals surface area contributed by atoms with E-state index in [4.69, 9.17) is 4.74 Å². The predicted octanol–water partition coefficient (Wildman–Crippen LogP) is 4.14. The highest BCUT2D eigenvalue weighted by Gasteiger charge is 2.35. The first-order chi connectivity index (χ1) is 10.8. The summed E-state index contributed by atoms with van der Waals surface area (Å²) in [6.45, 7) is 2.46. The van der Waals surface area contributed by atoms with Crippen LogP contribution >= 0.6 is 22.6 Å². The van der Waals surface area contributed by atoms with E-state index in [1.54, 1.807) is 0 Å². The van der Waals surface area contributed by atoms with Crippen molar-refractivity contribution in [3.63, 3.8) is 0 Å². The predicted molar refractivity (Wildman–Crippen MR) is 84.1 cm³/mol. The number of fused-ring (bicyclic) bond motifs is 1. The van der Waals surface area contributed by atoms with Gasteiger partial charge >= 0.3 is 6.18 Å². The van der Waals surface area contributed by atoms with Crippen LogP contribution in [-0.4, -0.2) is 22.5 Å². The number of aromatic nitrogens is 2. The zero-order valence-corrected chi connectivity index (χ0v) is 14.3. The van der Waals surface area contributed by atoms with Crippen LogP contribution in [0.15, 0.2) is 18.2 Å². The van der Waals surface area contributed by atoms with Gasteiger partial charge in [0, 0.05) is 18.4 Å². The quantitative estimate of drug-likeness (QED) is 0.493. The molecule has 0 fully saturated rings. The van der Waals surface area contributed by atoms with E-state index in [9.17, 15) is 17.6 Å². The highest BCUT2D eigenvalue weighted by Crippen LogP contribution is 2.33. The Morgan fingerprint density at radius 2 is 2.09 bits per heavy atom. The van der Waals surface area contributed by atoms with Crippen molar-refractivity contribution in [3.05, 3.63) is 44.5 Å². The Labute approximate surface area is 143 Å². The van der Waals surface area contributed by atoms with Gasteiger partial charge in [0.2, 0.25) is 0 Å². The van der Waals surface area contributed by atoms with E-state index in [1.165, 1.54) is 10.7 Å². The molecular formula is C15H13F4IN2O. The van der Waals surface area contributed by atoms with E-state index >= 15 is 0 Å². The molecule has 1 atom stereocenters. The molecule has 0 unspecified atom stereocenters. The Morgan fingerprint density at radius 1 is 1.35 bits per heavy atom. The molecule has 2 heterocycles. The summed E-state index contributed by atoms with van der Waals surface area (Å²) < 4.78 is 60.1. The lowest BCUT2D eigenvalue weighted by atomic mass is 10.1. The first-order valence-corrected chi connectivity index (χ1v) is 8.10. The van der Waals surface area contributed by atoms with Crippen LogP contribution < -0.4 is 0 Å². The number of nitrogens with zero attached hydrogens (tertiary/aromatic N) is 2. The molecule has 0 saturated heterocycles. The second-order valence-corrected chi connectivity index (χ2v) is 6.45. The van der Waals surface area contributed by atoms with Gasteiger partial charge in [-0.2, -0.15) is 18.3 Å². The maximum atomic E-state index is 13.5. The molecule has 1 aliphatic rings. The molecule has 0 aliphatic carbocycles. The lowest BCUT2D eigenvalue weighted by molar-refractivity contribution is -0.140. The minimum atomic E-state index is -4.74. The second-order valence-electron chi connectivity index (χ2n) is 5.43. The minimum Gasteiger partial charge on any atom is -0.378 e. The first-order valence-electron chi connectivity index (χ1n) is 7.02. The third-order valence-corrected chi connectivity index (χ3v) is 4.64. The van der Waals surface area contributed by atoms with Gasteiger partial charge in [-0.15, -0.1) is 0 Å². The van der Waals surface area contributed by atoms with Crippen molar-refractivity contribution in [2.24, 2.45) is 0 Å². The van der Waals surface area contributed by atoms with Gasteiger partial charge in [0.05, 0.1) is 29.7 Å². The maximum absolute atomic E-state index is 13.5. The van der Waals surface area contributed by atoms with Crippen LogP contribution in [0.5, 0.6) is 0 Å². The van der Waals surface area contributed by atoms with Crippen molar-refractivity contribution in [2.75, 3.05) is 6.61 Å². The van der Waals surface area contributed by atoms with Crippen molar-refractivity contribution >= 4 is 22.6 Å². The van der Waals surface area contributed by atoms with Crippen molar-refractivity contribution in [2.45, 2.75) is 32.0 Å². The van der Waals surface area contributed by atoms with E-state index in [-0.39, 0.29) is 11.8 Å². The fraction of sp³-hybridized carbons (Fsp3) is 0.400. The molecule has 0 saturated carbocycles. The molecule has 0 bridgehead atoms. The highest BCUT2D eigenvalue weighted by atomic mass is 127. The van der Waals surface area contributed by atoms with Crippen LogP contribution in [0.4, 0.5) is 17.6 Å². The summed E-state index contributed by atoms with van der Waals surface area (Å²) in [6.07, 6.45) is -3.59. The van der Waals surface area contributed by atoms with Gasteiger partial charge in [0.25, 0.3) is 0 Å². The Morgan fingerprint density at radius 3 is 2.78 bits per heavy atom. The molecule has 3 rings (SSSR count). The Bertz CT molecular complexity index is 742. The van der Waals surface area contributed by atoms with Crippen LogP contribution in [0.1, 0.15) is 23.7 Å². The van der Waals surface area contributed by atoms with Crippen molar-refractivity contribution in [1.29, 1.82) is 0 Å². The van der Waals surface area contributed by atoms with Crippen LogP contribution in [0.3, 0.4) is 0 Å². The third-order valence-electron chi connectivity index (χ3n) is 3.78. The summed E-state index contributed by atoms with van der Waals surface area (Å²) in [5, 5.41) is 4.35. The van der Waals surface area contributed by atoms with Gasteiger partial charge in [0.1, 0.15) is 9.52 Å². The summed E-state index contributed by atoms with van der Waals surface area (Å²) in [6, 6.07) is 2.94. The molecule has 1 aromatic heterocycles. The Balaban J connectivity index is 2.13. The molecule has 1 aromatic carbocycles. The number of hydrogen-bond donors (Lipinski definition) is 0. The van der Waals surface area contributed by atoms with E-state index in [1.807, 2.05) is 6.92 Å². The summed E-state index contributed by atoms with van der Waals surface area (Å²) in [7, 11) is 0. The maximum Gasteiger partial charge on any atom is 0.419 e. The molecule has 2 aromatic rings. The minimum absolute atomic E-state index is 0.0509. The van der Waals surface area contributed by atoms with E-state index < -0.39 is 17.6 Å². The van der Waals surface area contributed by atoms with E-state index in [0.29, 0.717) is 19.4 Å². The number of halogens is 5. The molecule has 0 spiro atoms. The van der Waals surface area contributed by atoms with Crippen LogP contribution in [0, 0.1) is 9.52 Å². The van der Waals surface area contributed by atoms with Crippen LogP contribution in [0.25, 0.3) is 5.69 Å². The SMILES string of the molecule is C[C@@H]1Cc2c(c(I)nn2-c2ccc(F)c(C(F)(F)F)c2)CCO1. The normalized spacial score (nSPS) is 18.6. The fourth-order valence-corrected chi connectivity index (χ4v) is 3.48. The average molecular weight is 440 g/mol. The molecule has 0 radical (unpaired) electrons. The second kappa shape index (κ2) is 6.04. The topological polar surface area (TPSA) is 27.1 Å². The largest absolute Gasteiger partial charge is 0.419 e. The van der Waals surface area contributed by atoms with Crippen molar-refractivity contribution in [3.8, 4) is 5.69 Å². The summed E-state index contributed by atoms with van der Waals surface area (Å²) in [5.74, 6) is -1.29. The van der Waals surface area contributed by atoms with Crippen LogP contribution in [-0.2, 0) is 23.8 Å². The van der Waals surface area contributed by atoms with Gasteiger partial charge in [-0.05, 0) is 47.7 Å². The van der Waals surface area contributed by atoms with Gasteiger partial charge in [-0.3, -0.25) is 0 Å². The number of benzene rings is 1. The van der Waals surface area contributed by atoms with Gasteiger partial charge in [-0.1, -0.05) is 0 Å². The molecule has 8 heteroatoms. The van der Waals surface area contributed by atoms with E-state index in [0.717, 1.165) is 27.1 Å². The lowest BCUT2D eigenvalue weighted by Crippen LogP contribution is -2.14. The molecule has 23 heavy (non-hydrogen) atoms. The number of hydrogen-bond acceptors (Lipinski definition) is 2. The number of ether oxygens (including phenoxy) is 1. The van der Waals surface area contributed by atoms with Crippen molar-refractivity contribution in [1.82, 2.24) is 9.78 Å². The summed E-state index contributed by atoms with van der Waals surface area (Å²) in [4.78, 5) is 0. The van der Waals surface area contributed by atoms with Gasteiger partial charge in [-0.25, -0.2) is 9.07 Å². The molecular weight excluding hydrogens is 427 g/mol. The van der Waals surface area contributed by atoms with Crippen molar-refractivity contribution < 1.29 is 22.3 Å². The highest BCUT2D eigenvalue weighted by molar-refractivity contribution is 14.1. The molecule has 1 aliphatic heterocycles. The molecule has 0 amide bonds. The lowest BCUT2D eigenvalue weighted by Gasteiger charge is -2.13. The Kier molecular flexibility index (Phi) is 4.39.